The number of methoxy groups -OCH3 is 1. The van der Waals surface area contributed by atoms with Crippen LogP contribution in [-0.2, 0) is 6.54 Å². The minimum Gasteiger partial charge on any atom is -0.493 e. The molecule has 0 radical (unpaired) electrons. The summed E-state index contributed by atoms with van der Waals surface area (Å²) in [5.74, 6) is 0.675. The largest absolute Gasteiger partial charge is 0.493 e. The van der Waals surface area contributed by atoms with Crippen molar-refractivity contribution in [3.63, 3.8) is 0 Å². The van der Waals surface area contributed by atoms with Crippen molar-refractivity contribution in [2.24, 2.45) is 0 Å². The highest BCUT2D eigenvalue weighted by atomic mass is 35.5. The lowest BCUT2D eigenvalue weighted by Gasteiger charge is -2.11. The van der Waals surface area contributed by atoms with E-state index in [4.69, 9.17) is 16.3 Å². The van der Waals surface area contributed by atoms with Gasteiger partial charge in [0, 0.05) is 11.1 Å². The molecule has 0 aliphatic heterocycles. The van der Waals surface area contributed by atoms with Crippen LogP contribution in [0.1, 0.15) is 4.88 Å². The normalized spacial score (nSPS) is 10.1. The Labute approximate surface area is 103 Å². The number of benzene rings is 1. The summed E-state index contributed by atoms with van der Waals surface area (Å²) in [5, 5.41) is 3.88. The first kappa shape index (κ1) is 11.2. The van der Waals surface area contributed by atoms with E-state index in [0.717, 1.165) is 12.2 Å². The number of hydrogen-bond donors (Lipinski definition) is 1. The molecule has 1 aromatic heterocycles. The number of aromatic nitrogens is 1. The van der Waals surface area contributed by atoms with Gasteiger partial charge in [-0.05, 0) is 12.1 Å². The Balaban J connectivity index is 2.12. The van der Waals surface area contributed by atoms with Crippen LogP contribution < -0.4 is 10.1 Å². The number of hydrogen-bond acceptors (Lipinski definition) is 4. The SMILES string of the molecule is COc1c(Cl)cccc1NCc1cncs1. The van der Waals surface area contributed by atoms with Crippen molar-refractivity contribution < 1.29 is 4.74 Å². The minimum atomic E-state index is 0.608. The first-order chi connectivity index (χ1) is 7.81. The van der Waals surface area contributed by atoms with Gasteiger partial charge in [-0.3, -0.25) is 4.98 Å². The minimum absolute atomic E-state index is 0.608. The van der Waals surface area contributed by atoms with Crippen molar-refractivity contribution in [3.05, 3.63) is 39.8 Å². The molecule has 0 bridgehead atoms. The van der Waals surface area contributed by atoms with E-state index in [2.05, 4.69) is 10.3 Å². The third-order valence-corrected chi connectivity index (χ3v) is 3.18. The lowest BCUT2D eigenvalue weighted by molar-refractivity contribution is 0.416. The highest BCUT2D eigenvalue weighted by Crippen LogP contribution is 2.32. The predicted octanol–water partition coefficient (Wildman–Crippen LogP) is 3.42. The molecule has 0 spiro atoms. The second kappa shape index (κ2) is 5.18. The number of ether oxygens (including phenoxy) is 1. The van der Waals surface area contributed by atoms with Gasteiger partial charge in [0.15, 0.2) is 5.75 Å². The van der Waals surface area contributed by atoms with Crippen molar-refractivity contribution in [2.45, 2.75) is 6.54 Å². The highest BCUT2D eigenvalue weighted by Gasteiger charge is 2.06. The molecular weight excluding hydrogens is 244 g/mol. The Morgan fingerprint density at radius 1 is 1.50 bits per heavy atom. The van der Waals surface area contributed by atoms with Gasteiger partial charge in [0.1, 0.15) is 0 Å². The topological polar surface area (TPSA) is 34.1 Å². The lowest BCUT2D eigenvalue weighted by atomic mass is 10.3. The molecule has 0 aliphatic carbocycles. The van der Waals surface area contributed by atoms with Gasteiger partial charge in [0.2, 0.25) is 0 Å². The number of nitrogens with one attached hydrogen (secondary N) is 1. The van der Waals surface area contributed by atoms with E-state index >= 15 is 0 Å². The first-order valence-electron chi connectivity index (χ1n) is 4.75. The van der Waals surface area contributed by atoms with Crippen molar-refractivity contribution in [1.82, 2.24) is 4.98 Å². The molecule has 2 aromatic rings. The van der Waals surface area contributed by atoms with Crippen molar-refractivity contribution in [2.75, 3.05) is 12.4 Å². The molecule has 0 saturated heterocycles. The monoisotopic (exact) mass is 254 g/mol. The van der Waals surface area contributed by atoms with Crippen LogP contribution >= 0.6 is 22.9 Å². The molecule has 0 fully saturated rings. The number of para-hydroxylation sites is 1. The fraction of sp³-hybridized carbons (Fsp3) is 0.182. The van der Waals surface area contributed by atoms with Crippen molar-refractivity contribution >= 4 is 28.6 Å². The van der Waals surface area contributed by atoms with E-state index in [1.165, 1.54) is 4.88 Å². The Morgan fingerprint density at radius 3 is 3.06 bits per heavy atom. The van der Waals surface area contributed by atoms with Crippen LogP contribution in [-0.4, -0.2) is 12.1 Å². The molecule has 1 N–H and O–H groups in total. The van der Waals surface area contributed by atoms with Crippen LogP contribution in [0, 0.1) is 0 Å². The average molecular weight is 255 g/mol. The van der Waals surface area contributed by atoms with E-state index in [1.54, 1.807) is 24.5 Å². The van der Waals surface area contributed by atoms with E-state index < -0.39 is 0 Å². The smallest absolute Gasteiger partial charge is 0.160 e. The highest BCUT2D eigenvalue weighted by molar-refractivity contribution is 7.09. The molecule has 2 rings (SSSR count). The standard InChI is InChI=1S/C11H11ClN2OS/c1-15-11-9(12)3-2-4-10(11)14-6-8-5-13-7-16-8/h2-5,7,14H,6H2,1H3. The quantitative estimate of drug-likeness (QED) is 0.908. The van der Waals surface area contributed by atoms with Gasteiger partial charge in [-0.25, -0.2) is 0 Å². The van der Waals surface area contributed by atoms with Crippen LogP contribution in [0.3, 0.4) is 0 Å². The number of halogens is 1. The van der Waals surface area contributed by atoms with E-state index in [1.807, 2.05) is 23.8 Å². The molecular formula is C11H11ClN2OS. The van der Waals surface area contributed by atoms with Crippen LogP contribution in [0.15, 0.2) is 29.9 Å². The molecule has 0 saturated carbocycles. The molecule has 1 heterocycles. The van der Waals surface area contributed by atoms with Gasteiger partial charge in [-0.2, -0.15) is 0 Å². The summed E-state index contributed by atoms with van der Waals surface area (Å²) in [6.07, 6.45) is 1.84. The Kier molecular flexibility index (Phi) is 3.64. The zero-order chi connectivity index (χ0) is 11.4. The first-order valence-corrected chi connectivity index (χ1v) is 6.00. The molecule has 0 amide bonds. The van der Waals surface area contributed by atoms with Gasteiger partial charge in [-0.1, -0.05) is 17.7 Å². The number of thiazole rings is 1. The van der Waals surface area contributed by atoms with Crippen molar-refractivity contribution in [3.8, 4) is 5.75 Å². The van der Waals surface area contributed by atoms with Crippen LogP contribution in [0.25, 0.3) is 0 Å². The van der Waals surface area contributed by atoms with Crippen LogP contribution in [0.2, 0.25) is 5.02 Å². The summed E-state index contributed by atoms with van der Waals surface area (Å²) in [6.45, 7) is 0.724. The summed E-state index contributed by atoms with van der Waals surface area (Å²) in [6, 6.07) is 5.63. The Hall–Kier alpha value is -1.26. The lowest BCUT2D eigenvalue weighted by Crippen LogP contribution is -2.00. The second-order valence-electron chi connectivity index (χ2n) is 3.14. The maximum Gasteiger partial charge on any atom is 0.160 e. The Bertz CT molecular complexity index is 459. The van der Waals surface area contributed by atoms with Gasteiger partial charge in [-0.15, -0.1) is 11.3 Å². The molecule has 3 nitrogen and oxygen atoms in total. The maximum atomic E-state index is 6.02. The molecule has 84 valence electrons. The zero-order valence-corrected chi connectivity index (χ0v) is 10.3. The summed E-state index contributed by atoms with van der Waals surface area (Å²) in [5.41, 5.74) is 2.70. The zero-order valence-electron chi connectivity index (χ0n) is 8.74. The van der Waals surface area contributed by atoms with Gasteiger partial charge in [0.05, 0.1) is 29.9 Å². The summed E-state index contributed by atoms with van der Waals surface area (Å²) in [7, 11) is 1.61. The van der Waals surface area contributed by atoms with Gasteiger partial charge < -0.3 is 10.1 Å². The van der Waals surface area contributed by atoms with E-state index in [-0.39, 0.29) is 0 Å². The number of nitrogens with zero attached hydrogens (tertiary/aromatic N) is 1. The third kappa shape index (κ3) is 2.46. The fourth-order valence-electron chi connectivity index (χ4n) is 1.37. The van der Waals surface area contributed by atoms with Crippen LogP contribution in [0.4, 0.5) is 5.69 Å². The summed E-state index contributed by atoms with van der Waals surface area (Å²) >= 11 is 7.63. The molecule has 0 atom stereocenters. The Morgan fingerprint density at radius 2 is 2.38 bits per heavy atom. The second-order valence-corrected chi connectivity index (χ2v) is 4.52. The van der Waals surface area contributed by atoms with Gasteiger partial charge >= 0.3 is 0 Å². The molecule has 16 heavy (non-hydrogen) atoms. The van der Waals surface area contributed by atoms with Crippen molar-refractivity contribution in [1.29, 1.82) is 0 Å². The van der Waals surface area contributed by atoms with E-state index in [9.17, 15) is 0 Å². The summed E-state index contributed by atoms with van der Waals surface area (Å²) in [4.78, 5) is 5.18. The van der Waals surface area contributed by atoms with E-state index in [0.29, 0.717) is 10.8 Å². The predicted molar refractivity (Wildman–Crippen MR) is 67.4 cm³/mol. The molecule has 5 heteroatoms. The average Bonchev–Trinajstić information content (AvgIpc) is 2.79. The molecule has 1 aromatic carbocycles. The third-order valence-electron chi connectivity index (χ3n) is 2.11. The molecule has 0 aliphatic rings. The number of rotatable bonds is 4. The van der Waals surface area contributed by atoms with Crippen LogP contribution in [0.5, 0.6) is 5.75 Å². The molecule has 0 unspecified atom stereocenters. The fourth-order valence-corrected chi connectivity index (χ4v) is 2.15. The number of anilines is 1. The summed E-state index contributed by atoms with van der Waals surface area (Å²) < 4.78 is 5.24. The maximum absolute atomic E-state index is 6.02. The van der Waals surface area contributed by atoms with Gasteiger partial charge in [0.25, 0.3) is 0 Å².